The highest BCUT2D eigenvalue weighted by atomic mass is 32.1. The third kappa shape index (κ3) is 5.70. The first kappa shape index (κ1) is 38.1. The molecule has 14 rings (SSSR count). The summed E-state index contributed by atoms with van der Waals surface area (Å²) in [6.45, 7) is 4.83. The van der Waals surface area contributed by atoms with Gasteiger partial charge in [0.2, 0.25) is 0 Å². The number of nitrogens with zero attached hydrogens (tertiary/aromatic N) is 3. The average molecular weight is 874 g/mol. The molecule has 3 nitrogen and oxygen atoms in total. The minimum absolute atomic E-state index is 0.324. The molecule has 4 heterocycles. The van der Waals surface area contributed by atoms with Crippen LogP contribution in [-0.2, 0) is 5.41 Å². The summed E-state index contributed by atoms with van der Waals surface area (Å²) in [7, 11) is 0. The molecule has 13 aromatic rings. The number of para-hydroxylation sites is 4. The zero-order valence-electron chi connectivity index (χ0n) is 37.1. The highest BCUT2D eigenvalue weighted by molar-refractivity contribution is 7.25. The second-order valence-electron chi connectivity index (χ2n) is 18.5. The zero-order valence-corrected chi connectivity index (χ0v) is 37.9. The van der Waals surface area contributed by atoms with E-state index in [2.05, 4.69) is 252 Å². The van der Waals surface area contributed by atoms with E-state index in [-0.39, 0.29) is 5.41 Å². The van der Waals surface area contributed by atoms with Gasteiger partial charge >= 0.3 is 0 Å². The molecule has 0 unspecified atom stereocenters. The van der Waals surface area contributed by atoms with Crippen molar-refractivity contribution >= 4 is 92.2 Å². The highest BCUT2D eigenvalue weighted by Gasteiger charge is 2.38. The Bertz CT molecular complexity index is 3920. The molecule has 0 bridgehead atoms. The fourth-order valence-electron chi connectivity index (χ4n) is 11.2. The van der Waals surface area contributed by atoms with Crippen molar-refractivity contribution in [3.05, 3.63) is 236 Å². The van der Waals surface area contributed by atoms with E-state index >= 15 is 0 Å². The summed E-state index contributed by atoms with van der Waals surface area (Å²) in [6.07, 6.45) is 0. The molecule has 67 heavy (non-hydrogen) atoms. The number of hydrogen-bond acceptors (Lipinski definition) is 2. The van der Waals surface area contributed by atoms with Gasteiger partial charge in [-0.15, -0.1) is 11.3 Å². The van der Waals surface area contributed by atoms with Crippen LogP contribution in [0.1, 0.15) is 25.0 Å². The molecule has 0 radical (unpaired) electrons. The first-order valence-electron chi connectivity index (χ1n) is 23.2. The van der Waals surface area contributed by atoms with Crippen molar-refractivity contribution in [1.82, 2.24) is 9.13 Å². The SMILES string of the molecule is CC1(C)c2cc(-c3ccc4c(c3)c3ccccc3n4-c3ccccc3)ccc2N(c2ccc3c(c2)sc2ccccc23)c2ccc(-c3ccc4c(c3)c3ccccc3n4-c3ccccc3)cc21. The van der Waals surface area contributed by atoms with E-state index < -0.39 is 0 Å². The number of fused-ring (bicyclic) bond motifs is 11. The maximum Gasteiger partial charge on any atom is 0.0541 e. The Labute approximate surface area is 392 Å². The van der Waals surface area contributed by atoms with Gasteiger partial charge in [0.25, 0.3) is 0 Å². The fraction of sp³-hybridized carbons (Fsp3) is 0.0476. The van der Waals surface area contributed by atoms with E-state index in [0.717, 1.165) is 0 Å². The molecule has 0 atom stereocenters. The van der Waals surface area contributed by atoms with Crippen LogP contribution >= 0.6 is 11.3 Å². The van der Waals surface area contributed by atoms with Crippen LogP contribution in [0.3, 0.4) is 0 Å². The van der Waals surface area contributed by atoms with Gasteiger partial charge in [-0.1, -0.05) is 135 Å². The summed E-state index contributed by atoms with van der Waals surface area (Å²) in [5, 5.41) is 7.65. The van der Waals surface area contributed by atoms with Crippen molar-refractivity contribution in [2.24, 2.45) is 0 Å². The van der Waals surface area contributed by atoms with Crippen molar-refractivity contribution < 1.29 is 0 Å². The van der Waals surface area contributed by atoms with Crippen LogP contribution in [-0.4, -0.2) is 9.13 Å². The quantitative estimate of drug-likeness (QED) is 0.168. The summed E-state index contributed by atoms with van der Waals surface area (Å²) in [5.41, 5.74) is 17.9. The van der Waals surface area contributed by atoms with Crippen LogP contribution in [0.15, 0.2) is 224 Å². The molecule has 0 amide bonds. The van der Waals surface area contributed by atoms with Crippen LogP contribution in [0.4, 0.5) is 17.1 Å². The normalized spacial score (nSPS) is 13.3. The number of benzene rings is 10. The highest BCUT2D eigenvalue weighted by Crippen LogP contribution is 2.54. The van der Waals surface area contributed by atoms with Crippen LogP contribution in [0.5, 0.6) is 0 Å². The largest absolute Gasteiger partial charge is 0.310 e. The maximum absolute atomic E-state index is 2.51. The van der Waals surface area contributed by atoms with Gasteiger partial charge in [-0.2, -0.15) is 0 Å². The van der Waals surface area contributed by atoms with E-state index in [0.29, 0.717) is 0 Å². The lowest BCUT2D eigenvalue weighted by molar-refractivity contribution is 0.632. The lowest BCUT2D eigenvalue weighted by Gasteiger charge is -2.42. The summed E-state index contributed by atoms with van der Waals surface area (Å²) < 4.78 is 7.40. The van der Waals surface area contributed by atoms with Crippen LogP contribution < -0.4 is 4.90 Å². The molecule has 0 saturated heterocycles. The van der Waals surface area contributed by atoms with Crippen LogP contribution in [0.2, 0.25) is 0 Å². The molecular formula is C63H43N3S. The molecule has 1 aliphatic rings. The molecule has 3 aromatic heterocycles. The molecular weight excluding hydrogens is 831 g/mol. The van der Waals surface area contributed by atoms with Gasteiger partial charge in [-0.3, -0.25) is 0 Å². The second kappa shape index (κ2) is 14.4. The third-order valence-electron chi connectivity index (χ3n) is 14.5. The smallest absolute Gasteiger partial charge is 0.0541 e. The Kier molecular flexibility index (Phi) is 8.20. The lowest BCUT2D eigenvalue weighted by atomic mass is 9.72. The predicted molar refractivity (Wildman–Crippen MR) is 286 cm³/mol. The topological polar surface area (TPSA) is 13.1 Å². The van der Waals surface area contributed by atoms with Gasteiger partial charge in [0.1, 0.15) is 0 Å². The number of anilines is 3. The first-order valence-corrected chi connectivity index (χ1v) is 24.0. The number of rotatable bonds is 5. The van der Waals surface area contributed by atoms with Crippen molar-refractivity contribution in [3.8, 4) is 33.6 Å². The van der Waals surface area contributed by atoms with E-state index in [1.807, 2.05) is 11.3 Å². The summed E-state index contributed by atoms with van der Waals surface area (Å²) in [6, 6.07) is 83.2. The standard InChI is InChI=1S/C63H43N3S/c1-63(2)53-37-42(40-25-31-57-51(35-40)47-19-9-12-22-55(47)64(57)44-15-5-3-6-16-44)27-33-59(53)66(46-29-30-50-49-21-11-14-24-61(49)67-62(50)39-46)60-34-28-43(38-54(60)63)41-26-32-58-52(36-41)48-20-10-13-23-56(48)65(58)45-17-7-4-8-18-45/h3-39H,1-2H3. The second-order valence-corrected chi connectivity index (χ2v) is 19.6. The predicted octanol–water partition coefficient (Wildman–Crippen LogP) is 17.7. The van der Waals surface area contributed by atoms with Crippen LogP contribution in [0.25, 0.3) is 97.4 Å². The Balaban J connectivity index is 0.950. The summed E-state index contributed by atoms with van der Waals surface area (Å²) in [4.78, 5) is 2.51. The van der Waals surface area contributed by atoms with Crippen molar-refractivity contribution in [3.63, 3.8) is 0 Å². The van der Waals surface area contributed by atoms with Crippen molar-refractivity contribution in [1.29, 1.82) is 0 Å². The molecule has 0 saturated carbocycles. The molecule has 0 spiro atoms. The number of thiophene rings is 1. The molecule has 1 aliphatic heterocycles. The number of hydrogen-bond donors (Lipinski definition) is 0. The summed E-state index contributed by atoms with van der Waals surface area (Å²) in [5.74, 6) is 0. The third-order valence-corrected chi connectivity index (χ3v) is 15.6. The van der Waals surface area contributed by atoms with Gasteiger partial charge in [0, 0.05) is 64.2 Å². The maximum atomic E-state index is 2.51. The van der Waals surface area contributed by atoms with E-state index in [4.69, 9.17) is 0 Å². The molecule has 316 valence electrons. The Morgan fingerprint density at radius 1 is 0.313 bits per heavy atom. The minimum Gasteiger partial charge on any atom is -0.310 e. The van der Waals surface area contributed by atoms with Gasteiger partial charge in [-0.05, 0) is 137 Å². The molecule has 0 fully saturated rings. The van der Waals surface area contributed by atoms with Gasteiger partial charge in [0.15, 0.2) is 0 Å². The van der Waals surface area contributed by atoms with E-state index in [1.165, 1.54) is 126 Å². The van der Waals surface area contributed by atoms with Gasteiger partial charge in [0.05, 0.1) is 33.4 Å². The number of aromatic nitrogens is 2. The summed E-state index contributed by atoms with van der Waals surface area (Å²) >= 11 is 1.88. The van der Waals surface area contributed by atoms with Crippen molar-refractivity contribution in [2.75, 3.05) is 4.90 Å². The van der Waals surface area contributed by atoms with Gasteiger partial charge < -0.3 is 14.0 Å². The lowest BCUT2D eigenvalue weighted by Crippen LogP contribution is -2.30. The average Bonchev–Trinajstić information content (AvgIpc) is 4.04. The zero-order chi connectivity index (χ0) is 44.4. The Morgan fingerprint density at radius 3 is 1.30 bits per heavy atom. The fourth-order valence-corrected chi connectivity index (χ4v) is 12.4. The Morgan fingerprint density at radius 2 is 0.746 bits per heavy atom. The molecule has 10 aromatic carbocycles. The van der Waals surface area contributed by atoms with E-state index in [9.17, 15) is 0 Å². The molecule has 4 heteroatoms. The van der Waals surface area contributed by atoms with Crippen LogP contribution in [0, 0.1) is 0 Å². The van der Waals surface area contributed by atoms with Gasteiger partial charge in [-0.25, -0.2) is 0 Å². The van der Waals surface area contributed by atoms with Crippen molar-refractivity contribution in [2.45, 2.75) is 19.3 Å². The van der Waals surface area contributed by atoms with E-state index in [1.54, 1.807) is 0 Å². The first-order chi connectivity index (χ1) is 33.0. The Hall–Kier alpha value is -8.18. The monoisotopic (exact) mass is 873 g/mol. The molecule has 0 aliphatic carbocycles. The molecule has 0 N–H and O–H groups in total. The minimum atomic E-state index is -0.324.